The Labute approximate surface area is 221 Å². The second kappa shape index (κ2) is 10.6. The third-order valence-corrected chi connectivity index (χ3v) is 6.44. The number of para-hydroxylation sites is 1. The van der Waals surface area contributed by atoms with Crippen molar-refractivity contribution in [1.82, 2.24) is 4.98 Å². The van der Waals surface area contributed by atoms with Crippen LogP contribution in [0.15, 0.2) is 97.2 Å². The van der Waals surface area contributed by atoms with E-state index in [-0.39, 0.29) is 17.7 Å². The molecule has 4 nitrogen and oxygen atoms in total. The van der Waals surface area contributed by atoms with Crippen molar-refractivity contribution in [3.05, 3.63) is 131 Å². The van der Waals surface area contributed by atoms with Crippen LogP contribution in [0.5, 0.6) is 0 Å². The predicted octanol–water partition coefficient (Wildman–Crippen LogP) is 7.96. The van der Waals surface area contributed by atoms with Crippen LogP contribution in [0.4, 0.5) is 23.2 Å². The second-order valence-electron chi connectivity index (χ2n) is 9.04. The summed E-state index contributed by atoms with van der Waals surface area (Å²) >= 11 is 0. The lowest BCUT2D eigenvalue weighted by molar-refractivity contribution is -0.136. The van der Waals surface area contributed by atoms with Gasteiger partial charge in [0.25, 0.3) is 0 Å². The van der Waals surface area contributed by atoms with E-state index in [0.717, 1.165) is 28.8 Å². The van der Waals surface area contributed by atoms with Crippen molar-refractivity contribution < 1.29 is 27.5 Å². The van der Waals surface area contributed by atoms with Gasteiger partial charge in [-0.25, -0.2) is 9.18 Å². The summed E-state index contributed by atoms with van der Waals surface area (Å²) in [6, 6.07) is 24.8. The summed E-state index contributed by atoms with van der Waals surface area (Å²) in [4.78, 5) is 15.8. The maximum absolute atomic E-state index is 14.1. The van der Waals surface area contributed by atoms with Crippen LogP contribution < -0.4 is 5.32 Å². The smallest absolute Gasteiger partial charge is 0.418 e. The molecule has 0 unspecified atom stereocenters. The molecule has 39 heavy (non-hydrogen) atoms. The fourth-order valence-electron chi connectivity index (χ4n) is 4.71. The third-order valence-electron chi connectivity index (χ3n) is 6.44. The number of fused-ring (bicyclic) bond motifs is 1. The molecule has 0 aliphatic rings. The van der Waals surface area contributed by atoms with Crippen LogP contribution >= 0.6 is 0 Å². The van der Waals surface area contributed by atoms with E-state index in [2.05, 4.69) is 10.3 Å². The molecule has 0 amide bonds. The number of benzene rings is 4. The van der Waals surface area contributed by atoms with Gasteiger partial charge in [-0.2, -0.15) is 13.2 Å². The molecule has 2 N–H and O–H groups in total. The lowest BCUT2D eigenvalue weighted by Gasteiger charge is -2.17. The van der Waals surface area contributed by atoms with Gasteiger partial charge in [-0.15, -0.1) is 0 Å². The van der Waals surface area contributed by atoms with Gasteiger partial charge in [0.15, 0.2) is 0 Å². The maximum atomic E-state index is 14.1. The SMILES string of the molecule is O=C(O)c1c(F)cccc1NCc1cccc(-c2c(Cc3ccccc3)cnc3c(C(F)(F)F)cccc23)c1. The third kappa shape index (κ3) is 5.45. The summed E-state index contributed by atoms with van der Waals surface area (Å²) in [5, 5.41) is 12.7. The van der Waals surface area contributed by atoms with E-state index >= 15 is 0 Å². The summed E-state index contributed by atoms with van der Waals surface area (Å²) in [7, 11) is 0. The van der Waals surface area contributed by atoms with E-state index in [1.165, 1.54) is 24.4 Å². The van der Waals surface area contributed by atoms with Crippen LogP contribution in [0.3, 0.4) is 0 Å². The van der Waals surface area contributed by atoms with E-state index in [0.29, 0.717) is 22.9 Å². The Kier molecular flexibility index (Phi) is 7.02. The van der Waals surface area contributed by atoms with E-state index in [9.17, 15) is 27.5 Å². The molecule has 0 saturated heterocycles. The summed E-state index contributed by atoms with van der Waals surface area (Å²) in [5.74, 6) is -2.24. The first-order chi connectivity index (χ1) is 18.7. The largest absolute Gasteiger partial charge is 0.478 e. The monoisotopic (exact) mass is 530 g/mol. The van der Waals surface area contributed by atoms with Crippen molar-refractivity contribution in [3.8, 4) is 11.1 Å². The van der Waals surface area contributed by atoms with Crippen LogP contribution in [0, 0.1) is 5.82 Å². The van der Waals surface area contributed by atoms with E-state index < -0.39 is 29.1 Å². The van der Waals surface area contributed by atoms with E-state index in [1.54, 1.807) is 18.2 Å². The number of carboxylic acids is 1. The molecule has 0 bridgehead atoms. The molecule has 5 rings (SSSR count). The van der Waals surface area contributed by atoms with Crippen molar-refractivity contribution in [2.24, 2.45) is 0 Å². The molecule has 0 atom stereocenters. The summed E-state index contributed by atoms with van der Waals surface area (Å²) in [5.41, 5.74) is 2.52. The maximum Gasteiger partial charge on any atom is 0.418 e. The number of rotatable bonds is 7. The minimum Gasteiger partial charge on any atom is -0.478 e. The zero-order valence-corrected chi connectivity index (χ0v) is 20.5. The number of aromatic nitrogens is 1. The topological polar surface area (TPSA) is 62.2 Å². The van der Waals surface area contributed by atoms with Crippen LogP contribution in [0.1, 0.15) is 32.6 Å². The molecule has 196 valence electrons. The highest BCUT2D eigenvalue weighted by molar-refractivity contribution is 5.98. The van der Waals surface area contributed by atoms with Gasteiger partial charge in [-0.1, -0.05) is 66.7 Å². The molecule has 0 fully saturated rings. The number of hydrogen-bond acceptors (Lipinski definition) is 3. The average Bonchev–Trinajstić information content (AvgIpc) is 2.91. The molecule has 5 aromatic rings. The number of hydrogen-bond donors (Lipinski definition) is 2. The molecular weight excluding hydrogens is 508 g/mol. The highest BCUT2D eigenvalue weighted by Crippen LogP contribution is 2.39. The lowest BCUT2D eigenvalue weighted by atomic mass is 9.91. The number of nitrogens with one attached hydrogen (secondary N) is 1. The average molecular weight is 531 g/mol. The van der Waals surface area contributed by atoms with Crippen LogP contribution in [0.2, 0.25) is 0 Å². The fourth-order valence-corrected chi connectivity index (χ4v) is 4.71. The predicted molar refractivity (Wildman–Crippen MR) is 142 cm³/mol. The van der Waals surface area contributed by atoms with E-state index in [4.69, 9.17) is 0 Å². The number of nitrogens with zero attached hydrogens (tertiary/aromatic N) is 1. The van der Waals surface area contributed by atoms with Crippen LogP contribution in [-0.2, 0) is 19.1 Å². The van der Waals surface area contributed by atoms with Crippen LogP contribution in [0.25, 0.3) is 22.0 Å². The number of carbonyl (C=O) groups is 1. The normalized spacial score (nSPS) is 11.5. The van der Waals surface area contributed by atoms with Crippen LogP contribution in [-0.4, -0.2) is 16.1 Å². The Balaban J connectivity index is 1.59. The van der Waals surface area contributed by atoms with Crippen molar-refractivity contribution in [2.45, 2.75) is 19.1 Å². The standard InChI is InChI=1S/C31H22F4N2O2/c32-25-13-6-14-26(28(25)30(38)39)36-17-20-9-4-10-21(16-20)27-22(15-19-7-2-1-3-8-19)18-37-29-23(27)11-5-12-24(29)31(33,34)35/h1-14,16,18,36H,15,17H2,(H,38,39). The van der Waals surface area contributed by atoms with Crippen molar-refractivity contribution >= 4 is 22.6 Å². The van der Waals surface area contributed by atoms with Crippen molar-refractivity contribution in [3.63, 3.8) is 0 Å². The van der Waals surface area contributed by atoms with Gasteiger partial charge in [0.2, 0.25) is 0 Å². The molecule has 0 spiro atoms. The lowest BCUT2D eigenvalue weighted by Crippen LogP contribution is -2.09. The summed E-state index contributed by atoms with van der Waals surface area (Å²) in [6.45, 7) is 0.169. The molecule has 0 radical (unpaired) electrons. The first-order valence-electron chi connectivity index (χ1n) is 12.1. The Hall–Kier alpha value is -4.72. The van der Waals surface area contributed by atoms with Gasteiger partial charge < -0.3 is 10.4 Å². The quantitative estimate of drug-likeness (QED) is 0.210. The molecular formula is C31H22F4N2O2. The minimum atomic E-state index is -4.57. The van der Waals surface area contributed by atoms with E-state index in [1.807, 2.05) is 42.5 Å². The molecule has 4 aromatic carbocycles. The number of aromatic carboxylic acids is 1. The van der Waals surface area contributed by atoms with Gasteiger partial charge in [0.05, 0.1) is 16.8 Å². The number of pyridine rings is 1. The zero-order chi connectivity index (χ0) is 27.6. The zero-order valence-electron chi connectivity index (χ0n) is 20.5. The molecule has 0 aliphatic carbocycles. The fraction of sp³-hybridized carbons (Fsp3) is 0.0968. The number of halogens is 4. The first kappa shape index (κ1) is 25.9. The molecule has 1 aromatic heterocycles. The molecule has 1 heterocycles. The Morgan fingerprint density at radius 1 is 0.872 bits per heavy atom. The Bertz CT molecular complexity index is 1670. The molecule has 8 heteroatoms. The highest BCUT2D eigenvalue weighted by atomic mass is 19.4. The number of alkyl halides is 3. The summed E-state index contributed by atoms with van der Waals surface area (Å²) in [6.07, 6.45) is -2.61. The Morgan fingerprint density at radius 3 is 2.33 bits per heavy atom. The van der Waals surface area contributed by atoms with Gasteiger partial charge in [-0.05, 0) is 58.5 Å². The number of carboxylic acid groups (broad SMARTS) is 1. The van der Waals surface area contributed by atoms with Gasteiger partial charge in [0, 0.05) is 18.1 Å². The molecule has 0 aliphatic heterocycles. The Morgan fingerprint density at radius 2 is 1.59 bits per heavy atom. The van der Waals surface area contributed by atoms with Gasteiger partial charge in [-0.3, -0.25) is 4.98 Å². The minimum absolute atomic E-state index is 0.127. The first-order valence-corrected chi connectivity index (χ1v) is 12.1. The van der Waals surface area contributed by atoms with Gasteiger partial charge >= 0.3 is 12.1 Å². The van der Waals surface area contributed by atoms with Crippen molar-refractivity contribution in [2.75, 3.05) is 5.32 Å². The second-order valence-corrected chi connectivity index (χ2v) is 9.04. The number of anilines is 1. The molecule has 0 saturated carbocycles. The van der Waals surface area contributed by atoms with Crippen molar-refractivity contribution in [1.29, 1.82) is 0 Å². The summed E-state index contributed by atoms with van der Waals surface area (Å²) < 4.78 is 55.6. The highest BCUT2D eigenvalue weighted by Gasteiger charge is 2.33. The van der Waals surface area contributed by atoms with Gasteiger partial charge in [0.1, 0.15) is 11.4 Å².